The number of ketones is 1. The van der Waals surface area contributed by atoms with Crippen molar-refractivity contribution in [2.45, 2.75) is 45.1 Å². The van der Waals surface area contributed by atoms with E-state index in [9.17, 15) is 14.9 Å². The quantitative estimate of drug-likeness (QED) is 0.310. The first-order valence-electron chi connectivity index (χ1n) is 6.04. The number of hydrogen-bond donors (Lipinski definition) is 0. The SMILES string of the molecule is C=C(OCC)C(=O)C[C@H]1CCCC[C@@H]1[N+](=O)[O-]. The molecule has 96 valence electrons. The van der Waals surface area contributed by atoms with Crippen LogP contribution in [0.5, 0.6) is 0 Å². The van der Waals surface area contributed by atoms with Crippen LogP contribution < -0.4 is 0 Å². The van der Waals surface area contributed by atoms with Gasteiger partial charge in [0.25, 0.3) is 0 Å². The highest BCUT2D eigenvalue weighted by Crippen LogP contribution is 2.29. The van der Waals surface area contributed by atoms with Gasteiger partial charge in [-0.05, 0) is 19.8 Å². The summed E-state index contributed by atoms with van der Waals surface area (Å²) in [6.07, 6.45) is 3.35. The van der Waals surface area contributed by atoms with Crippen LogP contribution in [-0.2, 0) is 9.53 Å². The van der Waals surface area contributed by atoms with E-state index in [1.165, 1.54) is 0 Å². The summed E-state index contributed by atoms with van der Waals surface area (Å²) in [6.45, 7) is 5.71. The fourth-order valence-corrected chi connectivity index (χ4v) is 2.31. The highest BCUT2D eigenvalue weighted by Gasteiger charge is 2.35. The van der Waals surface area contributed by atoms with Crippen molar-refractivity contribution in [1.82, 2.24) is 0 Å². The molecule has 17 heavy (non-hydrogen) atoms. The summed E-state index contributed by atoms with van der Waals surface area (Å²) in [7, 11) is 0. The number of nitrogens with zero attached hydrogens (tertiary/aromatic N) is 1. The van der Waals surface area contributed by atoms with Gasteiger partial charge in [-0.15, -0.1) is 0 Å². The second-order valence-electron chi connectivity index (χ2n) is 4.38. The summed E-state index contributed by atoms with van der Waals surface area (Å²) in [6, 6.07) is -0.581. The van der Waals surface area contributed by atoms with E-state index in [1.807, 2.05) is 0 Å². The van der Waals surface area contributed by atoms with Crippen LogP contribution in [0.15, 0.2) is 12.3 Å². The molecule has 0 aromatic heterocycles. The largest absolute Gasteiger partial charge is 0.491 e. The Hall–Kier alpha value is -1.39. The summed E-state index contributed by atoms with van der Waals surface area (Å²) < 4.78 is 5.03. The first kappa shape index (κ1) is 13.7. The molecule has 1 fully saturated rings. The average molecular weight is 241 g/mol. The molecule has 1 aliphatic rings. The molecule has 1 saturated carbocycles. The van der Waals surface area contributed by atoms with E-state index in [4.69, 9.17) is 4.74 Å². The lowest BCUT2D eigenvalue weighted by atomic mass is 9.81. The summed E-state index contributed by atoms with van der Waals surface area (Å²) in [5.74, 6) is -0.241. The van der Waals surface area contributed by atoms with E-state index in [2.05, 4.69) is 6.58 Å². The maximum absolute atomic E-state index is 11.7. The van der Waals surface area contributed by atoms with Crippen LogP contribution in [0.25, 0.3) is 0 Å². The Labute approximate surface area is 101 Å². The Balaban J connectivity index is 2.55. The molecular weight excluding hydrogens is 222 g/mol. The number of carbonyl (C=O) groups is 1. The Kier molecular flexibility index (Phi) is 5.12. The minimum Gasteiger partial charge on any atom is -0.491 e. The third-order valence-corrected chi connectivity index (χ3v) is 3.22. The van der Waals surface area contributed by atoms with Gasteiger partial charge >= 0.3 is 0 Å². The third kappa shape index (κ3) is 3.84. The number of hydrogen-bond acceptors (Lipinski definition) is 4. The van der Waals surface area contributed by atoms with Crippen molar-refractivity contribution in [2.24, 2.45) is 5.92 Å². The first-order chi connectivity index (χ1) is 8.06. The fourth-order valence-electron chi connectivity index (χ4n) is 2.31. The van der Waals surface area contributed by atoms with Crippen molar-refractivity contribution in [1.29, 1.82) is 0 Å². The Morgan fingerprint density at radius 3 is 2.71 bits per heavy atom. The van der Waals surface area contributed by atoms with Crippen LogP contribution in [0.2, 0.25) is 0 Å². The smallest absolute Gasteiger partial charge is 0.216 e. The second kappa shape index (κ2) is 6.37. The second-order valence-corrected chi connectivity index (χ2v) is 4.38. The van der Waals surface area contributed by atoms with Crippen molar-refractivity contribution >= 4 is 5.78 Å². The molecule has 0 aromatic rings. The summed E-state index contributed by atoms with van der Waals surface area (Å²) in [5, 5.41) is 10.9. The van der Waals surface area contributed by atoms with Gasteiger partial charge in [-0.25, -0.2) is 0 Å². The molecule has 1 aliphatic carbocycles. The topological polar surface area (TPSA) is 69.4 Å². The molecule has 0 spiro atoms. The standard InChI is InChI=1S/C12H19NO4/c1-3-17-9(2)12(14)8-10-6-4-5-7-11(10)13(15)16/h10-11H,2-8H2,1H3/t10-,11+/m1/s1. The molecule has 0 saturated heterocycles. The van der Waals surface area contributed by atoms with Crippen molar-refractivity contribution < 1.29 is 14.5 Å². The summed E-state index contributed by atoms with van der Waals surface area (Å²) in [4.78, 5) is 22.4. The van der Waals surface area contributed by atoms with E-state index >= 15 is 0 Å². The van der Waals surface area contributed by atoms with Crippen molar-refractivity contribution in [3.8, 4) is 0 Å². The molecule has 1 rings (SSSR count). The molecule has 5 nitrogen and oxygen atoms in total. The maximum atomic E-state index is 11.7. The van der Waals surface area contributed by atoms with Crippen LogP contribution in [0.3, 0.4) is 0 Å². The molecule has 0 aromatic carbocycles. The number of nitro groups is 1. The predicted octanol–water partition coefficient (Wildman–Crippen LogP) is 2.33. The minimum absolute atomic E-state index is 0.125. The molecule has 0 amide bonds. The number of allylic oxidation sites excluding steroid dienone is 1. The van der Waals surface area contributed by atoms with Crippen LogP contribution >= 0.6 is 0 Å². The number of Topliss-reactive ketones (excluding diaryl/α,β-unsaturated/α-hetero) is 1. The van der Waals surface area contributed by atoms with Crippen LogP contribution in [0, 0.1) is 16.0 Å². The van der Waals surface area contributed by atoms with Crippen molar-refractivity contribution in [3.63, 3.8) is 0 Å². The third-order valence-electron chi connectivity index (χ3n) is 3.22. The molecular formula is C12H19NO4. The highest BCUT2D eigenvalue weighted by molar-refractivity contribution is 5.92. The van der Waals surface area contributed by atoms with Gasteiger partial charge < -0.3 is 4.74 Å². The van der Waals surface area contributed by atoms with E-state index in [0.29, 0.717) is 13.0 Å². The zero-order valence-corrected chi connectivity index (χ0v) is 10.2. The predicted molar refractivity (Wildman–Crippen MR) is 63.1 cm³/mol. The lowest BCUT2D eigenvalue weighted by molar-refractivity contribution is -0.535. The molecule has 0 N–H and O–H groups in total. The van der Waals surface area contributed by atoms with E-state index in [-0.39, 0.29) is 28.8 Å². The van der Waals surface area contributed by atoms with Gasteiger partial charge in [-0.3, -0.25) is 14.9 Å². The fraction of sp³-hybridized carbons (Fsp3) is 0.750. The molecule has 0 bridgehead atoms. The molecule has 0 radical (unpaired) electrons. The zero-order valence-electron chi connectivity index (χ0n) is 10.2. The van der Waals surface area contributed by atoms with Gasteiger partial charge in [-0.1, -0.05) is 13.0 Å². The Bertz CT molecular complexity index is 314. The first-order valence-corrected chi connectivity index (χ1v) is 6.04. The maximum Gasteiger partial charge on any atom is 0.216 e. The van der Waals surface area contributed by atoms with E-state index in [0.717, 1.165) is 19.3 Å². The highest BCUT2D eigenvalue weighted by atomic mass is 16.6. The van der Waals surface area contributed by atoms with Gasteiger partial charge in [0.1, 0.15) is 0 Å². The molecule has 0 aliphatic heterocycles. The van der Waals surface area contributed by atoms with Gasteiger partial charge in [-0.2, -0.15) is 0 Å². The normalized spacial score (nSPS) is 24.1. The lowest BCUT2D eigenvalue weighted by Gasteiger charge is -2.24. The van der Waals surface area contributed by atoms with Gasteiger partial charge in [0.15, 0.2) is 11.5 Å². The lowest BCUT2D eigenvalue weighted by Crippen LogP contribution is -2.33. The van der Waals surface area contributed by atoms with Crippen molar-refractivity contribution in [3.05, 3.63) is 22.5 Å². The Morgan fingerprint density at radius 2 is 2.12 bits per heavy atom. The van der Waals surface area contributed by atoms with Crippen molar-refractivity contribution in [2.75, 3.05) is 6.61 Å². The van der Waals surface area contributed by atoms with E-state index in [1.54, 1.807) is 6.92 Å². The Morgan fingerprint density at radius 1 is 1.47 bits per heavy atom. The van der Waals surface area contributed by atoms with Gasteiger partial charge in [0, 0.05) is 23.7 Å². The van der Waals surface area contributed by atoms with Gasteiger partial charge in [0.2, 0.25) is 6.04 Å². The molecule has 2 atom stereocenters. The monoisotopic (exact) mass is 241 g/mol. The summed E-state index contributed by atoms with van der Waals surface area (Å²) in [5.41, 5.74) is 0. The molecule has 0 heterocycles. The minimum atomic E-state index is -0.581. The number of carbonyl (C=O) groups excluding carboxylic acids is 1. The van der Waals surface area contributed by atoms with Crippen LogP contribution in [0.4, 0.5) is 0 Å². The van der Waals surface area contributed by atoms with Gasteiger partial charge in [0.05, 0.1) is 6.61 Å². The average Bonchev–Trinajstić information content (AvgIpc) is 2.29. The van der Waals surface area contributed by atoms with Crippen LogP contribution in [0.1, 0.15) is 39.0 Å². The number of ether oxygens (including phenoxy) is 1. The van der Waals surface area contributed by atoms with E-state index < -0.39 is 6.04 Å². The molecule has 5 heteroatoms. The van der Waals surface area contributed by atoms with Crippen LogP contribution in [-0.4, -0.2) is 23.4 Å². The summed E-state index contributed by atoms with van der Waals surface area (Å²) >= 11 is 0. The zero-order chi connectivity index (χ0) is 12.8. The molecule has 0 unspecified atom stereocenters. The number of rotatable bonds is 6.